The van der Waals surface area contributed by atoms with Crippen molar-refractivity contribution in [2.45, 2.75) is 39.7 Å². The molecule has 0 bridgehead atoms. The van der Waals surface area contributed by atoms with Crippen LogP contribution in [0.4, 0.5) is 5.13 Å². The molecule has 0 aromatic carbocycles. The van der Waals surface area contributed by atoms with Crippen LogP contribution in [0.1, 0.15) is 42.1 Å². The van der Waals surface area contributed by atoms with Gasteiger partial charge in [-0.2, -0.15) is 0 Å². The number of anilines is 1. The first-order valence-electron chi connectivity index (χ1n) is 5.82. The summed E-state index contributed by atoms with van der Waals surface area (Å²) in [6.07, 6.45) is 3.39. The molecule has 0 saturated carbocycles. The van der Waals surface area contributed by atoms with Gasteiger partial charge in [0.2, 0.25) is 0 Å². The number of thiazole rings is 1. The Labute approximate surface area is 100 Å². The lowest BCUT2D eigenvalue weighted by atomic mass is 10.0. The number of aryl methyl sites for hydroxylation is 1. The summed E-state index contributed by atoms with van der Waals surface area (Å²) in [7, 11) is 0. The Bertz CT molecular complexity index is 386. The molecular weight excluding hydrogens is 220 g/mol. The van der Waals surface area contributed by atoms with Crippen molar-refractivity contribution >= 4 is 22.8 Å². The summed E-state index contributed by atoms with van der Waals surface area (Å²) in [5.74, 6) is 0.645. The van der Waals surface area contributed by atoms with Gasteiger partial charge in [-0.25, -0.2) is 4.98 Å². The third-order valence-electron chi connectivity index (χ3n) is 3.24. The maximum absolute atomic E-state index is 10.8. The first-order chi connectivity index (χ1) is 7.63. The lowest BCUT2D eigenvalue weighted by Crippen LogP contribution is -2.33. The van der Waals surface area contributed by atoms with Gasteiger partial charge in [0, 0.05) is 12.6 Å². The van der Waals surface area contributed by atoms with Crippen molar-refractivity contribution in [3.8, 4) is 0 Å². The molecule has 16 heavy (non-hydrogen) atoms. The summed E-state index contributed by atoms with van der Waals surface area (Å²) in [5, 5.41) is 1.02. The largest absolute Gasteiger partial charge is 0.345 e. The molecule has 1 aliphatic heterocycles. The van der Waals surface area contributed by atoms with Gasteiger partial charge in [0.05, 0.1) is 10.6 Å². The van der Waals surface area contributed by atoms with Crippen LogP contribution >= 0.6 is 11.3 Å². The van der Waals surface area contributed by atoms with E-state index in [-0.39, 0.29) is 0 Å². The molecule has 1 atom stereocenters. The van der Waals surface area contributed by atoms with Crippen molar-refractivity contribution in [2.24, 2.45) is 5.92 Å². The van der Waals surface area contributed by atoms with E-state index in [4.69, 9.17) is 0 Å². The molecule has 1 aromatic heterocycles. The van der Waals surface area contributed by atoms with Crippen LogP contribution in [0.2, 0.25) is 0 Å². The smallest absolute Gasteiger partial charge is 0.186 e. The fourth-order valence-electron chi connectivity index (χ4n) is 2.35. The molecule has 1 fully saturated rings. The molecule has 2 rings (SSSR count). The predicted octanol–water partition coefficient (Wildman–Crippen LogP) is 2.89. The Balaban J connectivity index is 2.25. The molecule has 2 heterocycles. The fourth-order valence-corrected chi connectivity index (χ4v) is 3.31. The number of carbonyl (C=O) groups excluding carboxylic acids is 1. The lowest BCUT2D eigenvalue weighted by molar-refractivity contribution is 0.112. The third kappa shape index (κ3) is 1.98. The normalized spacial score (nSPS) is 20.8. The van der Waals surface area contributed by atoms with E-state index in [2.05, 4.69) is 23.7 Å². The number of hydrogen-bond donors (Lipinski definition) is 0. The van der Waals surface area contributed by atoms with Crippen molar-refractivity contribution in [1.29, 1.82) is 0 Å². The molecule has 1 unspecified atom stereocenters. The van der Waals surface area contributed by atoms with Gasteiger partial charge in [0.25, 0.3) is 0 Å². The van der Waals surface area contributed by atoms with Crippen LogP contribution < -0.4 is 4.90 Å². The van der Waals surface area contributed by atoms with E-state index < -0.39 is 0 Å². The molecule has 0 amide bonds. The van der Waals surface area contributed by atoms with Gasteiger partial charge in [0.15, 0.2) is 11.4 Å². The molecule has 88 valence electrons. The van der Waals surface area contributed by atoms with E-state index >= 15 is 0 Å². The predicted molar refractivity (Wildman–Crippen MR) is 67.4 cm³/mol. The first-order valence-corrected chi connectivity index (χ1v) is 6.64. The van der Waals surface area contributed by atoms with E-state index in [0.29, 0.717) is 12.0 Å². The topological polar surface area (TPSA) is 33.2 Å². The minimum Gasteiger partial charge on any atom is -0.345 e. The highest BCUT2D eigenvalue weighted by molar-refractivity contribution is 7.17. The minimum atomic E-state index is 0.588. The van der Waals surface area contributed by atoms with Crippen LogP contribution in [-0.4, -0.2) is 23.9 Å². The Kier molecular flexibility index (Phi) is 3.28. The van der Waals surface area contributed by atoms with Crippen LogP contribution in [0, 0.1) is 12.8 Å². The molecule has 1 aromatic rings. The Morgan fingerprint density at radius 1 is 1.56 bits per heavy atom. The van der Waals surface area contributed by atoms with E-state index in [9.17, 15) is 4.79 Å². The molecule has 1 saturated heterocycles. The summed E-state index contributed by atoms with van der Waals surface area (Å²) in [6, 6.07) is 0.588. The quantitative estimate of drug-likeness (QED) is 0.759. The summed E-state index contributed by atoms with van der Waals surface area (Å²) in [5.41, 5.74) is 0.865. The number of hydrogen-bond acceptors (Lipinski definition) is 4. The van der Waals surface area contributed by atoms with Crippen LogP contribution in [0.5, 0.6) is 0 Å². The van der Waals surface area contributed by atoms with Crippen molar-refractivity contribution in [1.82, 2.24) is 4.98 Å². The maximum Gasteiger partial charge on any atom is 0.186 e. The van der Waals surface area contributed by atoms with Crippen LogP contribution in [0.25, 0.3) is 0 Å². The second-order valence-electron chi connectivity index (χ2n) is 4.71. The number of aromatic nitrogens is 1. The van der Waals surface area contributed by atoms with Gasteiger partial charge in [0.1, 0.15) is 0 Å². The molecule has 0 N–H and O–H groups in total. The highest BCUT2D eigenvalue weighted by Crippen LogP contribution is 2.33. The standard InChI is InChI=1S/C12H18N2OS/c1-8(2)10-5-4-6-14(10)12-13-9(3)11(7-15)16-12/h7-8,10H,4-6H2,1-3H3. The zero-order chi connectivity index (χ0) is 11.7. The molecule has 4 heteroatoms. The highest BCUT2D eigenvalue weighted by atomic mass is 32.1. The molecule has 3 nitrogen and oxygen atoms in total. The lowest BCUT2D eigenvalue weighted by Gasteiger charge is -2.27. The van der Waals surface area contributed by atoms with Gasteiger partial charge in [-0.05, 0) is 25.7 Å². The Morgan fingerprint density at radius 2 is 2.31 bits per heavy atom. The van der Waals surface area contributed by atoms with Crippen molar-refractivity contribution in [3.63, 3.8) is 0 Å². The minimum absolute atomic E-state index is 0.588. The monoisotopic (exact) mass is 238 g/mol. The van der Waals surface area contributed by atoms with Gasteiger partial charge < -0.3 is 4.90 Å². The highest BCUT2D eigenvalue weighted by Gasteiger charge is 2.29. The zero-order valence-electron chi connectivity index (χ0n) is 10.1. The number of carbonyl (C=O) groups is 1. The summed E-state index contributed by atoms with van der Waals surface area (Å²) in [6.45, 7) is 7.49. The van der Waals surface area contributed by atoms with Crippen molar-refractivity contribution in [3.05, 3.63) is 10.6 Å². The molecule has 0 aliphatic carbocycles. The van der Waals surface area contributed by atoms with Crippen LogP contribution in [0.15, 0.2) is 0 Å². The summed E-state index contributed by atoms with van der Waals surface area (Å²) >= 11 is 1.52. The van der Waals surface area contributed by atoms with Gasteiger partial charge in [-0.3, -0.25) is 4.79 Å². The van der Waals surface area contributed by atoms with Gasteiger partial charge >= 0.3 is 0 Å². The van der Waals surface area contributed by atoms with E-state index in [1.165, 1.54) is 24.2 Å². The summed E-state index contributed by atoms with van der Waals surface area (Å²) in [4.78, 5) is 18.5. The molecular formula is C12H18N2OS. The molecule has 0 spiro atoms. The van der Waals surface area contributed by atoms with Crippen LogP contribution in [-0.2, 0) is 0 Å². The van der Waals surface area contributed by atoms with Crippen molar-refractivity contribution in [2.75, 3.05) is 11.4 Å². The maximum atomic E-state index is 10.8. The molecule has 0 radical (unpaired) electrons. The molecule has 1 aliphatic rings. The average Bonchev–Trinajstić information content (AvgIpc) is 2.82. The fraction of sp³-hybridized carbons (Fsp3) is 0.667. The van der Waals surface area contributed by atoms with Gasteiger partial charge in [-0.15, -0.1) is 0 Å². The van der Waals surface area contributed by atoms with E-state index in [0.717, 1.165) is 28.5 Å². The number of rotatable bonds is 3. The first kappa shape index (κ1) is 11.6. The second-order valence-corrected chi connectivity index (χ2v) is 5.72. The van der Waals surface area contributed by atoms with E-state index in [1.54, 1.807) is 0 Å². The van der Waals surface area contributed by atoms with Crippen molar-refractivity contribution < 1.29 is 4.79 Å². The van der Waals surface area contributed by atoms with Gasteiger partial charge in [-0.1, -0.05) is 25.2 Å². The zero-order valence-corrected chi connectivity index (χ0v) is 10.9. The Hall–Kier alpha value is -0.900. The number of aldehydes is 1. The average molecular weight is 238 g/mol. The number of nitrogens with zero attached hydrogens (tertiary/aromatic N) is 2. The SMILES string of the molecule is Cc1nc(N2CCCC2C(C)C)sc1C=O. The summed E-state index contributed by atoms with van der Waals surface area (Å²) < 4.78 is 0. The Morgan fingerprint density at radius 3 is 2.88 bits per heavy atom. The van der Waals surface area contributed by atoms with Crippen LogP contribution in [0.3, 0.4) is 0 Å². The van der Waals surface area contributed by atoms with E-state index in [1.807, 2.05) is 6.92 Å². The third-order valence-corrected chi connectivity index (χ3v) is 4.36. The second kappa shape index (κ2) is 4.53.